The highest BCUT2D eigenvalue weighted by molar-refractivity contribution is 5.29. The van der Waals surface area contributed by atoms with Crippen molar-refractivity contribution < 1.29 is 9.84 Å². The highest BCUT2D eigenvalue weighted by Crippen LogP contribution is 2.24. The lowest BCUT2D eigenvalue weighted by molar-refractivity contribution is 0.210. The Bertz CT molecular complexity index is 480. The van der Waals surface area contributed by atoms with Gasteiger partial charge in [0.2, 0.25) is 0 Å². The maximum absolute atomic E-state index is 9.15. The third-order valence-corrected chi connectivity index (χ3v) is 4.48. The van der Waals surface area contributed by atoms with Crippen molar-refractivity contribution in [3.63, 3.8) is 0 Å². The van der Waals surface area contributed by atoms with Crippen molar-refractivity contribution in [1.82, 2.24) is 5.32 Å². The van der Waals surface area contributed by atoms with Crippen LogP contribution in [0, 0.1) is 5.92 Å². The van der Waals surface area contributed by atoms with Gasteiger partial charge in [-0.15, -0.1) is 0 Å². The molecule has 0 amide bonds. The van der Waals surface area contributed by atoms with E-state index in [9.17, 15) is 0 Å². The third kappa shape index (κ3) is 4.08. The number of ether oxygens (including phenoxy) is 1. The summed E-state index contributed by atoms with van der Waals surface area (Å²) in [5.41, 5.74) is 1.26. The largest absolute Gasteiger partial charge is 0.490 e. The molecule has 0 aliphatic heterocycles. The van der Waals surface area contributed by atoms with Gasteiger partial charge in [0.1, 0.15) is 5.75 Å². The number of aliphatic hydroxyl groups excluding tert-OH is 1. The van der Waals surface area contributed by atoms with E-state index in [4.69, 9.17) is 9.84 Å². The SMILES string of the molecule is OC[C@H]1C=C[C@@H](NCc2cccc(OC3CCCC3)c2)C1. The molecule has 2 N–H and O–H groups in total. The first-order chi connectivity index (χ1) is 10.3. The topological polar surface area (TPSA) is 41.5 Å². The van der Waals surface area contributed by atoms with Gasteiger partial charge in [-0.1, -0.05) is 24.3 Å². The van der Waals surface area contributed by atoms with Crippen molar-refractivity contribution >= 4 is 0 Å². The molecule has 0 saturated heterocycles. The molecule has 3 heteroatoms. The molecule has 1 fully saturated rings. The lowest BCUT2D eigenvalue weighted by Gasteiger charge is -2.15. The molecule has 0 bridgehead atoms. The molecule has 0 heterocycles. The number of nitrogens with one attached hydrogen (secondary N) is 1. The minimum Gasteiger partial charge on any atom is -0.490 e. The van der Waals surface area contributed by atoms with Crippen molar-refractivity contribution in [2.45, 2.75) is 50.8 Å². The second-order valence-corrected chi connectivity index (χ2v) is 6.22. The fourth-order valence-corrected chi connectivity index (χ4v) is 3.24. The van der Waals surface area contributed by atoms with Crippen LogP contribution in [-0.4, -0.2) is 23.9 Å². The van der Waals surface area contributed by atoms with Crippen LogP contribution in [0.15, 0.2) is 36.4 Å². The number of aliphatic hydroxyl groups is 1. The predicted octanol–water partition coefficient (Wildman–Crippen LogP) is 3.03. The molecular weight excluding hydrogens is 262 g/mol. The summed E-state index contributed by atoms with van der Waals surface area (Å²) in [4.78, 5) is 0. The maximum Gasteiger partial charge on any atom is 0.120 e. The molecule has 0 aromatic heterocycles. The molecule has 1 aromatic rings. The fraction of sp³-hybridized carbons (Fsp3) is 0.556. The summed E-state index contributed by atoms with van der Waals surface area (Å²) < 4.78 is 6.05. The van der Waals surface area contributed by atoms with E-state index in [1.54, 1.807) is 0 Å². The second-order valence-electron chi connectivity index (χ2n) is 6.22. The van der Waals surface area contributed by atoms with Crippen molar-refractivity contribution in [3.8, 4) is 5.75 Å². The van der Waals surface area contributed by atoms with Gasteiger partial charge in [-0.2, -0.15) is 0 Å². The van der Waals surface area contributed by atoms with Crippen LogP contribution in [-0.2, 0) is 6.54 Å². The molecule has 3 rings (SSSR count). The summed E-state index contributed by atoms with van der Waals surface area (Å²) in [6, 6.07) is 8.78. The van der Waals surface area contributed by atoms with E-state index in [0.29, 0.717) is 18.1 Å². The van der Waals surface area contributed by atoms with Gasteiger partial charge >= 0.3 is 0 Å². The number of hydrogen-bond acceptors (Lipinski definition) is 3. The Balaban J connectivity index is 1.50. The Morgan fingerprint density at radius 1 is 1.19 bits per heavy atom. The minimum absolute atomic E-state index is 0.249. The van der Waals surface area contributed by atoms with Crippen LogP contribution in [0.3, 0.4) is 0 Å². The number of hydrogen-bond donors (Lipinski definition) is 2. The van der Waals surface area contributed by atoms with E-state index in [0.717, 1.165) is 18.7 Å². The van der Waals surface area contributed by atoms with Gasteiger partial charge < -0.3 is 15.2 Å². The average molecular weight is 287 g/mol. The van der Waals surface area contributed by atoms with Crippen LogP contribution in [0.5, 0.6) is 5.75 Å². The first-order valence-electron chi connectivity index (χ1n) is 8.11. The molecule has 0 unspecified atom stereocenters. The molecule has 114 valence electrons. The van der Waals surface area contributed by atoms with Crippen LogP contribution in [0.25, 0.3) is 0 Å². The van der Waals surface area contributed by atoms with Gasteiger partial charge in [0.05, 0.1) is 6.10 Å². The van der Waals surface area contributed by atoms with Gasteiger partial charge in [0, 0.05) is 25.1 Å². The predicted molar refractivity (Wildman–Crippen MR) is 84.3 cm³/mol. The molecule has 0 spiro atoms. The lowest BCUT2D eigenvalue weighted by Crippen LogP contribution is -2.26. The molecule has 3 nitrogen and oxygen atoms in total. The zero-order valence-corrected chi connectivity index (χ0v) is 12.5. The summed E-state index contributed by atoms with van der Waals surface area (Å²) in [5, 5.41) is 12.7. The lowest BCUT2D eigenvalue weighted by atomic mass is 10.1. The first-order valence-corrected chi connectivity index (χ1v) is 8.11. The van der Waals surface area contributed by atoms with Crippen LogP contribution in [0.4, 0.5) is 0 Å². The molecule has 21 heavy (non-hydrogen) atoms. The summed E-state index contributed by atoms with van der Waals surface area (Å²) >= 11 is 0. The Hall–Kier alpha value is -1.32. The first kappa shape index (κ1) is 14.6. The Morgan fingerprint density at radius 3 is 2.81 bits per heavy atom. The van der Waals surface area contributed by atoms with E-state index < -0.39 is 0 Å². The summed E-state index contributed by atoms with van der Waals surface area (Å²) in [6.45, 7) is 1.09. The van der Waals surface area contributed by atoms with Crippen LogP contribution in [0.1, 0.15) is 37.7 Å². The van der Waals surface area contributed by atoms with Gasteiger partial charge in [-0.3, -0.25) is 0 Å². The second kappa shape index (κ2) is 7.10. The van der Waals surface area contributed by atoms with Crippen LogP contribution in [0.2, 0.25) is 0 Å². The number of rotatable bonds is 6. The number of benzene rings is 1. The molecular formula is C18H25NO2. The molecule has 0 radical (unpaired) electrons. The Labute approximate surface area is 127 Å². The van der Waals surface area contributed by atoms with Crippen molar-refractivity contribution in [2.24, 2.45) is 5.92 Å². The molecule has 1 aromatic carbocycles. The standard InChI is InChI=1S/C18H25NO2/c20-13-15-8-9-16(10-15)19-12-14-4-3-7-18(11-14)21-17-5-1-2-6-17/h3-4,7-9,11,15-17,19-20H,1-2,5-6,10,12-13H2/t15-,16+/m0/s1. The average Bonchev–Trinajstić information content (AvgIpc) is 3.17. The summed E-state index contributed by atoms with van der Waals surface area (Å²) in [5.74, 6) is 1.32. The smallest absolute Gasteiger partial charge is 0.120 e. The van der Waals surface area contributed by atoms with Gasteiger partial charge in [0.25, 0.3) is 0 Å². The quantitative estimate of drug-likeness (QED) is 0.790. The highest BCUT2D eigenvalue weighted by atomic mass is 16.5. The van der Waals surface area contributed by atoms with E-state index in [2.05, 4.69) is 41.7 Å². The Kier molecular flexibility index (Phi) is 4.94. The zero-order valence-electron chi connectivity index (χ0n) is 12.5. The minimum atomic E-state index is 0.249. The van der Waals surface area contributed by atoms with E-state index in [1.165, 1.54) is 31.2 Å². The highest BCUT2D eigenvalue weighted by Gasteiger charge is 2.18. The zero-order chi connectivity index (χ0) is 14.5. The van der Waals surface area contributed by atoms with E-state index >= 15 is 0 Å². The van der Waals surface area contributed by atoms with Crippen molar-refractivity contribution in [2.75, 3.05) is 6.61 Å². The van der Waals surface area contributed by atoms with E-state index in [-0.39, 0.29) is 6.61 Å². The Morgan fingerprint density at radius 2 is 2.05 bits per heavy atom. The fourth-order valence-electron chi connectivity index (χ4n) is 3.24. The van der Waals surface area contributed by atoms with Gasteiger partial charge in [0.15, 0.2) is 0 Å². The molecule has 2 aliphatic carbocycles. The summed E-state index contributed by atoms with van der Waals surface area (Å²) in [6.07, 6.45) is 10.7. The molecule has 2 aliphatic rings. The van der Waals surface area contributed by atoms with Crippen molar-refractivity contribution in [3.05, 3.63) is 42.0 Å². The van der Waals surface area contributed by atoms with E-state index in [1.807, 2.05) is 0 Å². The summed E-state index contributed by atoms with van der Waals surface area (Å²) in [7, 11) is 0. The van der Waals surface area contributed by atoms with Crippen molar-refractivity contribution in [1.29, 1.82) is 0 Å². The van der Waals surface area contributed by atoms with Crippen LogP contribution < -0.4 is 10.1 Å². The third-order valence-electron chi connectivity index (χ3n) is 4.48. The van der Waals surface area contributed by atoms with Gasteiger partial charge in [-0.05, 0) is 49.8 Å². The normalized spacial score (nSPS) is 25.6. The van der Waals surface area contributed by atoms with Crippen LogP contribution >= 0.6 is 0 Å². The molecule has 2 atom stereocenters. The molecule has 1 saturated carbocycles. The monoisotopic (exact) mass is 287 g/mol. The van der Waals surface area contributed by atoms with Gasteiger partial charge in [-0.25, -0.2) is 0 Å². The maximum atomic E-state index is 9.15.